The van der Waals surface area contributed by atoms with Gasteiger partial charge in [0.25, 0.3) is 0 Å². The second-order valence-electron chi connectivity index (χ2n) is 6.66. The van der Waals surface area contributed by atoms with Gasteiger partial charge in [-0.3, -0.25) is 4.90 Å². The second-order valence-corrected chi connectivity index (χ2v) is 7.52. The molecule has 1 amide bonds. The molecule has 0 heterocycles. The smallest absolute Gasteiger partial charge is 0.420 e. The molecule has 3 rings (SSSR count). The van der Waals surface area contributed by atoms with E-state index in [0.717, 1.165) is 11.6 Å². The molecule has 0 N–H and O–H groups in total. The Morgan fingerprint density at radius 1 is 0.968 bits per heavy atom. The zero-order valence-electron chi connectivity index (χ0n) is 16.7. The van der Waals surface area contributed by atoms with Gasteiger partial charge >= 0.3 is 12.1 Å². The van der Waals surface area contributed by atoms with Crippen molar-refractivity contribution >= 4 is 33.7 Å². The van der Waals surface area contributed by atoms with Crippen molar-refractivity contribution in [3.63, 3.8) is 0 Å². The lowest BCUT2D eigenvalue weighted by Crippen LogP contribution is -2.33. The highest BCUT2D eigenvalue weighted by molar-refractivity contribution is 9.10. The van der Waals surface area contributed by atoms with Gasteiger partial charge in [-0.15, -0.1) is 0 Å². The van der Waals surface area contributed by atoms with Gasteiger partial charge in [-0.05, 0) is 65.3 Å². The molecule has 0 bridgehead atoms. The van der Waals surface area contributed by atoms with Gasteiger partial charge < -0.3 is 9.47 Å². The minimum Gasteiger partial charge on any atom is -0.465 e. The standard InChI is InChI=1S/C23H18BrF2NO4/c1-14-3-8-18(9-4-14)31-23(29)27(17-7-10-20(25)19(24)12-17)13-16-6-5-15(11-21(16)26)22(28)30-2/h3-12H,13H2,1-2H3. The van der Waals surface area contributed by atoms with Gasteiger partial charge in [-0.2, -0.15) is 0 Å². The molecule has 0 aromatic heterocycles. The minimum atomic E-state index is -0.779. The summed E-state index contributed by atoms with van der Waals surface area (Å²) >= 11 is 3.09. The Hall–Kier alpha value is -3.26. The summed E-state index contributed by atoms with van der Waals surface area (Å²) in [4.78, 5) is 25.7. The van der Waals surface area contributed by atoms with Crippen LogP contribution in [0.1, 0.15) is 21.5 Å². The summed E-state index contributed by atoms with van der Waals surface area (Å²) in [5, 5.41) is 0. The summed E-state index contributed by atoms with van der Waals surface area (Å²) < 4.78 is 38.5. The summed E-state index contributed by atoms with van der Waals surface area (Å²) in [6.07, 6.45) is -0.779. The van der Waals surface area contributed by atoms with Crippen LogP contribution >= 0.6 is 15.9 Å². The number of carbonyl (C=O) groups excluding carboxylic acids is 2. The molecule has 0 radical (unpaired) electrons. The average Bonchev–Trinajstić information content (AvgIpc) is 2.75. The lowest BCUT2D eigenvalue weighted by molar-refractivity contribution is 0.0600. The van der Waals surface area contributed by atoms with Crippen LogP contribution in [0.2, 0.25) is 0 Å². The molecule has 3 aromatic carbocycles. The fourth-order valence-electron chi connectivity index (χ4n) is 2.77. The Morgan fingerprint density at radius 3 is 2.29 bits per heavy atom. The summed E-state index contributed by atoms with van der Waals surface area (Å²) in [7, 11) is 1.20. The van der Waals surface area contributed by atoms with Gasteiger partial charge in [0.1, 0.15) is 17.4 Å². The van der Waals surface area contributed by atoms with E-state index in [0.29, 0.717) is 11.4 Å². The number of nitrogens with zero attached hydrogens (tertiary/aromatic N) is 1. The summed E-state index contributed by atoms with van der Waals surface area (Å²) in [5.74, 6) is -1.58. The molecule has 0 aliphatic carbocycles. The third-order valence-electron chi connectivity index (χ3n) is 4.46. The number of esters is 1. The van der Waals surface area contributed by atoms with Crippen molar-refractivity contribution in [1.82, 2.24) is 0 Å². The highest BCUT2D eigenvalue weighted by Gasteiger charge is 2.22. The largest absolute Gasteiger partial charge is 0.465 e. The highest BCUT2D eigenvalue weighted by Crippen LogP contribution is 2.27. The van der Waals surface area contributed by atoms with E-state index < -0.39 is 23.7 Å². The first-order valence-electron chi connectivity index (χ1n) is 9.16. The number of methoxy groups -OCH3 is 1. The van der Waals surface area contributed by atoms with Gasteiger partial charge in [-0.1, -0.05) is 23.8 Å². The molecule has 8 heteroatoms. The van der Waals surface area contributed by atoms with Crippen molar-refractivity contribution in [3.05, 3.63) is 93.5 Å². The fraction of sp³-hybridized carbons (Fsp3) is 0.130. The number of carbonyl (C=O) groups is 2. The van der Waals surface area contributed by atoms with Gasteiger partial charge in [0.05, 0.1) is 23.7 Å². The number of aryl methyl sites for hydroxylation is 1. The molecule has 0 fully saturated rings. The molecule has 31 heavy (non-hydrogen) atoms. The lowest BCUT2D eigenvalue weighted by Gasteiger charge is -2.23. The molecule has 0 saturated heterocycles. The Morgan fingerprint density at radius 2 is 1.68 bits per heavy atom. The number of ether oxygens (including phenoxy) is 2. The Bertz CT molecular complexity index is 1120. The Labute approximate surface area is 186 Å². The molecule has 0 atom stereocenters. The first kappa shape index (κ1) is 22.4. The number of amides is 1. The monoisotopic (exact) mass is 489 g/mol. The number of halogens is 3. The van der Waals surface area contributed by atoms with E-state index in [2.05, 4.69) is 20.7 Å². The van der Waals surface area contributed by atoms with E-state index in [4.69, 9.17) is 4.74 Å². The van der Waals surface area contributed by atoms with Crippen LogP contribution in [0, 0.1) is 18.6 Å². The molecule has 0 spiro atoms. The SMILES string of the molecule is COC(=O)c1ccc(CN(C(=O)Oc2ccc(C)cc2)c2ccc(F)c(Br)c2)c(F)c1. The molecule has 0 aliphatic rings. The zero-order valence-corrected chi connectivity index (χ0v) is 18.3. The van der Waals surface area contributed by atoms with Gasteiger partial charge in [0.2, 0.25) is 0 Å². The summed E-state index contributed by atoms with van der Waals surface area (Å²) in [5.41, 5.74) is 1.46. The van der Waals surface area contributed by atoms with Crippen LogP contribution < -0.4 is 9.64 Å². The highest BCUT2D eigenvalue weighted by atomic mass is 79.9. The van der Waals surface area contributed by atoms with Gasteiger partial charge in [-0.25, -0.2) is 18.4 Å². The molecular weight excluding hydrogens is 472 g/mol. The van der Waals surface area contributed by atoms with Crippen molar-refractivity contribution in [2.75, 3.05) is 12.0 Å². The molecular formula is C23H18BrF2NO4. The normalized spacial score (nSPS) is 10.5. The predicted molar refractivity (Wildman–Crippen MR) is 115 cm³/mol. The van der Waals surface area contributed by atoms with Crippen molar-refractivity contribution < 1.29 is 27.8 Å². The maximum Gasteiger partial charge on any atom is 0.420 e. The third kappa shape index (κ3) is 5.46. The maximum absolute atomic E-state index is 14.6. The molecule has 3 aromatic rings. The van der Waals surface area contributed by atoms with Gasteiger partial charge in [0.15, 0.2) is 0 Å². The van der Waals surface area contributed by atoms with E-state index in [1.807, 2.05) is 6.92 Å². The Balaban J connectivity index is 1.93. The molecule has 160 valence electrons. The van der Waals surface area contributed by atoms with E-state index in [1.165, 1.54) is 42.3 Å². The average molecular weight is 490 g/mol. The van der Waals surface area contributed by atoms with Crippen LogP contribution in [-0.4, -0.2) is 19.2 Å². The quantitative estimate of drug-likeness (QED) is 0.410. The number of anilines is 1. The van der Waals surface area contributed by atoms with Crippen LogP contribution in [0.5, 0.6) is 5.75 Å². The first-order chi connectivity index (χ1) is 14.8. The Kier molecular flexibility index (Phi) is 7.02. The zero-order chi connectivity index (χ0) is 22.5. The molecule has 0 aliphatic heterocycles. The first-order valence-corrected chi connectivity index (χ1v) is 9.95. The number of benzene rings is 3. The number of rotatable bonds is 5. The predicted octanol–water partition coefficient (Wildman–Crippen LogP) is 6.03. The molecule has 0 unspecified atom stereocenters. The lowest BCUT2D eigenvalue weighted by atomic mass is 10.1. The topological polar surface area (TPSA) is 55.8 Å². The van der Waals surface area contributed by atoms with Crippen molar-refractivity contribution in [2.24, 2.45) is 0 Å². The van der Waals surface area contributed by atoms with Crippen LogP contribution in [-0.2, 0) is 11.3 Å². The van der Waals surface area contributed by atoms with E-state index >= 15 is 0 Å². The van der Waals surface area contributed by atoms with E-state index in [-0.39, 0.29) is 22.1 Å². The van der Waals surface area contributed by atoms with Crippen LogP contribution in [0.4, 0.5) is 19.3 Å². The summed E-state index contributed by atoms with van der Waals surface area (Å²) in [6, 6.07) is 14.6. The minimum absolute atomic E-state index is 0.0436. The van der Waals surface area contributed by atoms with Crippen LogP contribution in [0.25, 0.3) is 0 Å². The van der Waals surface area contributed by atoms with Crippen molar-refractivity contribution in [1.29, 1.82) is 0 Å². The fourth-order valence-corrected chi connectivity index (χ4v) is 3.13. The van der Waals surface area contributed by atoms with E-state index in [1.54, 1.807) is 24.3 Å². The third-order valence-corrected chi connectivity index (χ3v) is 5.07. The van der Waals surface area contributed by atoms with E-state index in [9.17, 15) is 18.4 Å². The summed E-state index contributed by atoms with van der Waals surface area (Å²) in [6.45, 7) is 1.69. The van der Waals surface area contributed by atoms with Crippen molar-refractivity contribution in [2.45, 2.75) is 13.5 Å². The maximum atomic E-state index is 14.6. The van der Waals surface area contributed by atoms with Crippen LogP contribution in [0.3, 0.4) is 0 Å². The molecule has 5 nitrogen and oxygen atoms in total. The number of hydrogen-bond acceptors (Lipinski definition) is 4. The number of hydrogen-bond donors (Lipinski definition) is 0. The van der Waals surface area contributed by atoms with Gasteiger partial charge in [0, 0.05) is 11.3 Å². The molecule has 0 saturated carbocycles. The second kappa shape index (κ2) is 9.70. The van der Waals surface area contributed by atoms with Crippen LogP contribution in [0.15, 0.2) is 65.1 Å². The van der Waals surface area contributed by atoms with Crippen molar-refractivity contribution in [3.8, 4) is 5.75 Å².